The third-order valence-corrected chi connectivity index (χ3v) is 1.83. The van der Waals surface area contributed by atoms with Crippen molar-refractivity contribution in [2.45, 2.75) is 13.0 Å². The van der Waals surface area contributed by atoms with E-state index in [4.69, 9.17) is 12.3 Å². The molecule has 0 amide bonds. The van der Waals surface area contributed by atoms with Crippen LogP contribution in [0.25, 0.3) is 0 Å². The minimum atomic E-state index is -0.189. The van der Waals surface area contributed by atoms with Gasteiger partial charge < -0.3 is 0 Å². The van der Waals surface area contributed by atoms with Crippen molar-refractivity contribution < 1.29 is 0 Å². The first-order valence-electron chi connectivity index (χ1n) is 3.77. The molecule has 1 atom stereocenters. The van der Waals surface area contributed by atoms with E-state index in [0.717, 1.165) is 11.1 Å². The second-order valence-electron chi connectivity index (χ2n) is 2.62. The van der Waals surface area contributed by atoms with Crippen LogP contribution in [0.3, 0.4) is 0 Å². The fourth-order valence-corrected chi connectivity index (χ4v) is 1.14. The molecule has 0 radical (unpaired) electrons. The summed E-state index contributed by atoms with van der Waals surface area (Å²) in [6.07, 6.45) is 5.29. The van der Waals surface area contributed by atoms with Crippen molar-refractivity contribution in [1.82, 2.24) is 5.43 Å². The zero-order chi connectivity index (χ0) is 8.97. The minimum Gasteiger partial charge on any atom is -0.270 e. The lowest BCUT2D eigenvalue weighted by atomic mass is 10.0. The SMILES string of the molecule is C#CC(NN)c1ccccc1C. The number of hydrogen-bond acceptors (Lipinski definition) is 2. The molecule has 0 spiro atoms. The number of nitrogens with one attached hydrogen (secondary N) is 1. The first-order valence-corrected chi connectivity index (χ1v) is 3.77. The van der Waals surface area contributed by atoms with Crippen molar-refractivity contribution in [3.63, 3.8) is 0 Å². The Bertz CT molecular complexity index is 299. The van der Waals surface area contributed by atoms with Gasteiger partial charge in [0.2, 0.25) is 0 Å². The second kappa shape index (κ2) is 3.91. The van der Waals surface area contributed by atoms with Crippen LogP contribution < -0.4 is 11.3 Å². The highest BCUT2D eigenvalue weighted by Crippen LogP contribution is 2.15. The van der Waals surface area contributed by atoms with Crippen molar-refractivity contribution in [3.8, 4) is 12.3 Å². The first kappa shape index (κ1) is 8.79. The summed E-state index contributed by atoms with van der Waals surface area (Å²) >= 11 is 0. The van der Waals surface area contributed by atoms with E-state index in [-0.39, 0.29) is 6.04 Å². The maximum Gasteiger partial charge on any atom is 0.107 e. The Labute approximate surface area is 72.8 Å². The topological polar surface area (TPSA) is 38.0 Å². The van der Waals surface area contributed by atoms with Crippen LogP contribution in [0.5, 0.6) is 0 Å². The van der Waals surface area contributed by atoms with Crippen LogP contribution in [0.4, 0.5) is 0 Å². The molecule has 0 bridgehead atoms. The van der Waals surface area contributed by atoms with Crippen LogP contribution >= 0.6 is 0 Å². The Kier molecular flexibility index (Phi) is 2.87. The van der Waals surface area contributed by atoms with Crippen LogP contribution in [0, 0.1) is 19.3 Å². The quantitative estimate of drug-likeness (QED) is 0.386. The van der Waals surface area contributed by atoms with Crippen molar-refractivity contribution in [1.29, 1.82) is 0 Å². The maximum atomic E-state index is 5.29. The van der Waals surface area contributed by atoms with E-state index in [1.165, 1.54) is 0 Å². The number of benzene rings is 1. The molecule has 0 fully saturated rings. The molecule has 1 aromatic rings. The van der Waals surface area contributed by atoms with Gasteiger partial charge in [0.25, 0.3) is 0 Å². The van der Waals surface area contributed by atoms with E-state index in [2.05, 4.69) is 11.3 Å². The number of hydrazine groups is 1. The zero-order valence-electron chi connectivity index (χ0n) is 7.04. The van der Waals surface area contributed by atoms with Gasteiger partial charge in [0.15, 0.2) is 0 Å². The summed E-state index contributed by atoms with van der Waals surface area (Å²) in [5, 5.41) is 0. The lowest BCUT2D eigenvalue weighted by Crippen LogP contribution is -2.27. The van der Waals surface area contributed by atoms with E-state index >= 15 is 0 Å². The van der Waals surface area contributed by atoms with E-state index in [1.807, 2.05) is 31.2 Å². The van der Waals surface area contributed by atoms with Gasteiger partial charge in [0.05, 0.1) is 0 Å². The predicted octanol–water partition coefficient (Wildman–Crippen LogP) is 1.13. The van der Waals surface area contributed by atoms with Gasteiger partial charge in [-0.3, -0.25) is 5.84 Å². The molecule has 62 valence electrons. The van der Waals surface area contributed by atoms with Crippen LogP contribution in [-0.4, -0.2) is 0 Å². The molecule has 0 aliphatic heterocycles. The van der Waals surface area contributed by atoms with Crippen LogP contribution in [-0.2, 0) is 0 Å². The number of nitrogens with two attached hydrogens (primary N) is 1. The molecule has 12 heavy (non-hydrogen) atoms. The van der Waals surface area contributed by atoms with Crippen LogP contribution in [0.1, 0.15) is 17.2 Å². The normalized spacial score (nSPS) is 12.1. The summed E-state index contributed by atoms with van der Waals surface area (Å²) in [5.74, 6) is 7.86. The summed E-state index contributed by atoms with van der Waals surface area (Å²) in [6.45, 7) is 2.01. The van der Waals surface area contributed by atoms with E-state index < -0.39 is 0 Å². The molecule has 2 nitrogen and oxygen atoms in total. The Balaban J connectivity index is 3.02. The summed E-state index contributed by atoms with van der Waals surface area (Å²) in [6, 6.07) is 7.72. The highest BCUT2D eigenvalue weighted by Gasteiger charge is 2.06. The zero-order valence-corrected chi connectivity index (χ0v) is 7.04. The number of rotatable bonds is 2. The Morgan fingerprint density at radius 3 is 2.67 bits per heavy atom. The summed E-state index contributed by atoms with van der Waals surface area (Å²) < 4.78 is 0. The van der Waals surface area contributed by atoms with Gasteiger partial charge in [-0.1, -0.05) is 30.2 Å². The standard InChI is InChI=1S/C10H12N2/c1-3-10(12-11)9-7-5-4-6-8(9)2/h1,4-7,10,12H,11H2,2H3. The molecule has 0 heterocycles. The Morgan fingerprint density at radius 2 is 2.17 bits per heavy atom. The van der Waals surface area contributed by atoms with E-state index in [0.29, 0.717) is 0 Å². The molecule has 0 aliphatic carbocycles. The largest absolute Gasteiger partial charge is 0.270 e. The van der Waals surface area contributed by atoms with Gasteiger partial charge in [-0.15, -0.1) is 6.42 Å². The lowest BCUT2D eigenvalue weighted by molar-refractivity contribution is 0.670. The van der Waals surface area contributed by atoms with Gasteiger partial charge >= 0.3 is 0 Å². The predicted molar refractivity (Wildman–Crippen MR) is 50.1 cm³/mol. The molecule has 3 N–H and O–H groups in total. The molecule has 0 aliphatic rings. The maximum absolute atomic E-state index is 5.29. The molecule has 1 rings (SSSR count). The molecule has 0 aromatic heterocycles. The highest BCUT2D eigenvalue weighted by molar-refractivity contribution is 5.32. The van der Waals surface area contributed by atoms with Crippen LogP contribution in [0.15, 0.2) is 24.3 Å². The fourth-order valence-electron chi connectivity index (χ4n) is 1.14. The third kappa shape index (κ3) is 1.65. The van der Waals surface area contributed by atoms with Gasteiger partial charge in [0, 0.05) is 0 Å². The molecular weight excluding hydrogens is 148 g/mol. The van der Waals surface area contributed by atoms with Crippen molar-refractivity contribution in [2.24, 2.45) is 5.84 Å². The summed E-state index contributed by atoms with van der Waals surface area (Å²) in [7, 11) is 0. The van der Waals surface area contributed by atoms with Crippen LogP contribution in [0.2, 0.25) is 0 Å². The lowest BCUT2D eigenvalue weighted by Gasteiger charge is -2.11. The molecule has 0 saturated carbocycles. The molecule has 1 aromatic carbocycles. The smallest absolute Gasteiger partial charge is 0.107 e. The average molecular weight is 160 g/mol. The van der Waals surface area contributed by atoms with E-state index in [1.54, 1.807) is 0 Å². The fraction of sp³-hybridized carbons (Fsp3) is 0.200. The van der Waals surface area contributed by atoms with Gasteiger partial charge in [-0.05, 0) is 18.1 Å². The van der Waals surface area contributed by atoms with Gasteiger partial charge in [-0.25, -0.2) is 5.43 Å². The van der Waals surface area contributed by atoms with Crippen molar-refractivity contribution in [3.05, 3.63) is 35.4 Å². The number of hydrogen-bond donors (Lipinski definition) is 2. The Morgan fingerprint density at radius 1 is 1.50 bits per heavy atom. The van der Waals surface area contributed by atoms with E-state index in [9.17, 15) is 0 Å². The summed E-state index contributed by atoms with van der Waals surface area (Å²) in [4.78, 5) is 0. The molecule has 0 saturated heterocycles. The Hall–Kier alpha value is -1.30. The van der Waals surface area contributed by atoms with Gasteiger partial charge in [-0.2, -0.15) is 0 Å². The van der Waals surface area contributed by atoms with Crippen molar-refractivity contribution in [2.75, 3.05) is 0 Å². The first-order chi connectivity index (χ1) is 5.79. The third-order valence-electron chi connectivity index (χ3n) is 1.83. The highest BCUT2D eigenvalue weighted by atomic mass is 15.2. The van der Waals surface area contributed by atoms with Crippen molar-refractivity contribution >= 4 is 0 Å². The molecule has 1 unspecified atom stereocenters. The summed E-state index contributed by atoms with van der Waals surface area (Å²) in [5.41, 5.74) is 4.78. The second-order valence-corrected chi connectivity index (χ2v) is 2.62. The monoisotopic (exact) mass is 160 g/mol. The number of terminal acetylenes is 1. The van der Waals surface area contributed by atoms with Gasteiger partial charge in [0.1, 0.15) is 6.04 Å². The average Bonchev–Trinajstić information content (AvgIpc) is 2.10. The minimum absolute atomic E-state index is 0.189. The number of aryl methyl sites for hydroxylation is 1. The molecule has 2 heteroatoms. The molecular formula is C10H12N2.